The molecule has 0 saturated carbocycles. The molecule has 0 amide bonds. The lowest BCUT2D eigenvalue weighted by atomic mass is 10.3. The Balaban J connectivity index is 2.48. The van der Waals surface area contributed by atoms with Crippen molar-refractivity contribution in [3.05, 3.63) is 24.3 Å². The van der Waals surface area contributed by atoms with Crippen molar-refractivity contribution in [2.75, 3.05) is 7.05 Å². The molecule has 0 radical (unpaired) electrons. The van der Waals surface area contributed by atoms with E-state index in [1.807, 2.05) is 32.4 Å². The summed E-state index contributed by atoms with van der Waals surface area (Å²) in [4.78, 5) is 11.7. The average Bonchev–Trinajstić information content (AvgIpc) is 2.63. The first-order chi connectivity index (χ1) is 6.31. The minimum Gasteiger partial charge on any atom is -0.359 e. The molecule has 0 aliphatic carbocycles. The fourth-order valence-corrected chi connectivity index (χ4v) is 1.20. The third-order valence-corrected chi connectivity index (χ3v) is 2.14. The van der Waals surface area contributed by atoms with Crippen molar-refractivity contribution in [2.45, 2.75) is 13.0 Å². The van der Waals surface area contributed by atoms with E-state index in [0.29, 0.717) is 0 Å². The SMILES string of the molecule is CNC(C)c1ncc2[nH]ccc2n1. The fourth-order valence-electron chi connectivity index (χ4n) is 1.20. The number of nitrogens with one attached hydrogen (secondary N) is 2. The van der Waals surface area contributed by atoms with Gasteiger partial charge in [0.1, 0.15) is 5.82 Å². The van der Waals surface area contributed by atoms with Crippen LogP contribution in [-0.2, 0) is 0 Å². The van der Waals surface area contributed by atoms with Crippen molar-refractivity contribution in [1.29, 1.82) is 0 Å². The van der Waals surface area contributed by atoms with Gasteiger partial charge >= 0.3 is 0 Å². The molecule has 2 N–H and O–H groups in total. The van der Waals surface area contributed by atoms with Crippen molar-refractivity contribution < 1.29 is 0 Å². The van der Waals surface area contributed by atoms with E-state index in [2.05, 4.69) is 20.3 Å². The minimum atomic E-state index is 0.194. The van der Waals surface area contributed by atoms with Gasteiger partial charge < -0.3 is 10.3 Å². The molecule has 0 aliphatic heterocycles. The summed E-state index contributed by atoms with van der Waals surface area (Å²) in [6, 6.07) is 2.14. The summed E-state index contributed by atoms with van der Waals surface area (Å²) in [6.45, 7) is 2.04. The summed E-state index contributed by atoms with van der Waals surface area (Å²) >= 11 is 0. The van der Waals surface area contributed by atoms with Crippen molar-refractivity contribution in [2.24, 2.45) is 0 Å². The van der Waals surface area contributed by atoms with Crippen molar-refractivity contribution in [3.63, 3.8) is 0 Å². The van der Waals surface area contributed by atoms with E-state index in [9.17, 15) is 0 Å². The zero-order valence-electron chi connectivity index (χ0n) is 7.70. The second-order valence-corrected chi connectivity index (χ2v) is 3.02. The van der Waals surface area contributed by atoms with Gasteiger partial charge in [-0.25, -0.2) is 9.97 Å². The van der Waals surface area contributed by atoms with Crippen LogP contribution in [0.5, 0.6) is 0 Å². The van der Waals surface area contributed by atoms with Crippen LogP contribution in [0.3, 0.4) is 0 Å². The second-order valence-electron chi connectivity index (χ2n) is 3.02. The van der Waals surface area contributed by atoms with Crippen LogP contribution < -0.4 is 5.32 Å². The van der Waals surface area contributed by atoms with Gasteiger partial charge in [0, 0.05) is 6.20 Å². The van der Waals surface area contributed by atoms with Crippen LogP contribution in [0.25, 0.3) is 11.0 Å². The highest BCUT2D eigenvalue weighted by molar-refractivity contribution is 5.73. The number of hydrogen-bond donors (Lipinski definition) is 2. The van der Waals surface area contributed by atoms with E-state index >= 15 is 0 Å². The van der Waals surface area contributed by atoms with E-state index in [1.165, 1.54) is 0 Å². The molecule has 13 heavy (non-hydrogen) atoms. The molecule has 1 unspecified atom stereocenters. The fraction of sp³-hybridized carbons (Fsp3) is 0.333. The summed E-state index contributed by atoms with van der Waals surface area (Å²) < 4.78 is 0. The first-order valence-corrected chi connectivity index (χ1v) is 4.28. The predicted octanol–water partition coefficient (Wildman–Crippen LogP) is 1.24. The van der Waals surface area contributed by atoms with Crippen LogP contribution in [-0.4, -0.2) is 22.0 Å². The predicted molar refractivity (Wildman–Crippen MR) is 51.4 cm³/mol. The topological polar surface area (TPSA) is 53.6 Å². The largest absolute Gasteiger partial charge is 0.359 e. The molecule has 0 aliphatic rings. The molecular weight excluding hydrogens is 164 g/mol. The lowest BCUT2D eigenvalue weighted by molar-refractivity contribution is 0.613. The number of H-pyrrole nitrogens is 1. The average molecular weight is 176 g/mol. The first kappa shape index (κ1) is 8.19. The van der Waals surface area contributed by atoms with Crippen molar-refractivity contribution >= 4 is 11.0 Å². The van der Waals surface area contributed by atoms with Crippen molar-refractivity contribution in [1.82, 2.24) is 20.3 Å². The molecule has 1 atom stereocenters. The zero-order chi connectivity index (χ0) is 9.26. The number of fused-ring (bicyclic) bond motifs is 1. The smallest absolute Gasteiger partial charge is 0.145 e. The van der Waals surface area contributed by atoms with Gasteiger partial charge in [-0.2, -0.15) is 0 Å². The Bertz CT molecular complexity index is 407. The van der Waals surface area contributed by atoms with Gasteiger partial charge in [-0.1, -0.05) is 0 Å². The number of rotatable bonds is 2. The zero-order valence-corrected chi connectivity index (χ0v) is 7.70. The van der Waals surface area contributed by atoms with Crippen LogP contribution in [0.1, 0.15) is 18.8 Å². The number of hydrogen-bond acceptors (Lipinski definition) is 3. The van der Waals surface area contributed by atoms with Gasteiger partial charge in [0.05, 0.1) is 23.3 Å². The van der Waals surface area contributed by atoms with E-state index in [0.717, 1.165) is 16.9 Å². The summed E-state index contributed by atoms with van der Waals surface area (Å²) in [5, 5.41) is 3.10. The van der Waals surface area contributed by atoms with E-state index in [1.54, 1.807) is 0 Å². The van der Waals surface area contributed by atoms with Crippen LogP contribution in [0.2, 0.25) is 0 Å². The van der Waals surface area contributed by atoms with Crippen LogP contribution in [0.15, 0.2) is 18.5 Å². The highest BCUT2D eigenvalue weighted by Crippen LogP contribution is 2.11. The normalized spacial score (nSPS) is 13.4. The molecular formula is C9H12N4. The van der Waals surface area contributed by atoms with Gasteiger partial charge in [0.2, 0.25) is 0 Å². The van der Waals surface area contributed by atoms with E-state index < -0.39 is 0 Å². The van der Waals surface area contributed by atoms with E-state index in [-0.39, 0.29) is 6.04 Å². The number of aromatic amines is 1. The van der Waals surface area contributed by atoms with Crippen molar-refractivity contribution in [3.8, 4) is 0 Å². The highest BCUT2D eigenvalue weighted by Gasteiger charge is 2.06. The Hall–Kier alpha value is -1.42. The Labute approximate surface area is 76.4 Å². The lowest BCUT2D eigenvalue weighted by Gasteiger charge is -2.07. The van der Waals surface area contributed by atoms with Gasteiger partial charge in [0.25, 0.3) is 0 Å². The standard InChI is InChI=1S/C9H12N4/c1-6(10-2)9-12-5-8-7(13-9)3-4-11-8/h3-6,10-11H,1-2H3. The monoisotopic (exact) mass is 176 g/mol. The molecule has 0 spiro atoms. The molecule has 0 aromatic carbocycles. The molecule has 2 heterocycles. The second kappa shape index (κ2) is 3.14. The van der Waals surface area contributed by atoms with Gasteiger partial charge in [0.15, 0.2) is 0 Å². The maximum Gasteiger partial charge on any atom is 0.145 e. The summed E-state index contributed by atoms with van der Waals surface area (Å²) in [6.07, 6.45) is 3.68. The summed E-state index contributed by atoms with van der Waals surface area (Å²) in [5.74, 6) is 0.828. The van der Waals surface area contributed by atoms with E-state index in [4.69, 9.17) is 0 Å². The molecule has 2 aromatic rings. The first-order valence-electron chi connectivity index (χ1n) is 4.28. The maximum atomic E-state index is 4.40. The molecule has 4 heteroatoms. The molecule has 68 valence electrons. The summed E-state index contributed by atoms with van der Waals surface area (Å²) in [7, 11) is 1.90. The molecule has 0 saturated heterocycles. The minimum absolute atomic E-state index is 0.194. The number of nitrogens with zero attached hydrogens (tertiary/aromatic N) is 2. The van der Waals surface area contributed by atoms with Crippen LogP contribution >= 0.6 is 0 Å². The number of aromatic nitrogens is 3. The molecule has 4 nitrogen and oxygen atoms in total. The Kier molecular flexibility index (Phi) is 1.98. The third kappa shape index (κ3) is 1.40. The quantitative estimate of drug-likeness (QED) is 0.723. The third-order valence-electron chi connectivity index (χ3n) is 2.14. The summed E-state index contributed by atoms with van der Waals surface area (Å²) in [5.41, 5.74) is 1.94. The van der Waals surface area contributed by atoms with Gasteiger partial charge in [-0.15, -0.1) is 0 Å². The molecule has 0 fully saturated rings. The van der Waals surface area contributed by atoms with Crippen LogP contribution in [0, 0.1) is 0 Å². The lowest BCUT2D eigenvalue weighted by Crippen LogP contribution is -2.15. The van der Waals surface area contributed by atoms with Gasteiger partial charge in [-0.3, -0.25) is 0 Å². The Morgan fingerprint density at radius 2 is 2.38 bits per heavy atom. The molecule has 0 bridgehead atoms. The maximum absolute atomic E-state index is 4.40. The Morgan fingerprint density at radius 1 is 1.54 bits per heavy atom. The Morgan fingerprint density at radius 3 is 3.15 bits per heavy atom. The highest BCUT2D eigenvalue weighted by atomic mass is 15.0. The molecule has 2 aromatic heterocycles. The molecule has 2 rings (SSSR count). The van der Waals surface area contributed by atoms with Crippen LogP contribution in [0.4, 0.5) is 0 Å². The van der Waals surface area contributed by atoms with Gasteiger partial charge in [-0.05, 0) is 20.0 Å².